The van der Waals surface area contributed by atoms with Gasteiger partial charge in [0.25, 0.3) is 0 Å². The van der Waals surface area contributed by atoms with Crippen LogP contribution in [0.5, 0.6) is 0 Å². The molecular formula is C11H14FN3O3. The number of nitro benzene ring substituents is 1. The van der Waals surface area contributed by atoms with E-state index in [9.17, 15) is 19.3 Å². The lowest BCUT2D eigenvalue weighted by atomic mass is 10.0. The van der Waals surface area contributed by atoms with Crippen molar-refractivity contribution in [2.24, 2.45) is 11.7 Å². The van der Waals surface area contributed by atoms with Gasteiger partial charge in [-0.3, -0.25) is 14.9 Å². The van der Waals surface area contributed by atoms with E-state index in [4.69, 9.17) is 5.73 Å². The monoisotopic (exact) mass is 255 g/mol. The summed E-state index contributed by atoms with van der Waals surface area (Å²) in [5.74, 6) is -1.53. The maximum Gasteiger partial charge on any atom is 0.304 e. The van der Waals surface area contributed by atoms with Crippen molar-refractivity contribution in [2.75, 3.05) is 5.32 Å². The minimum Gasteiger partial charge on any atom is -0.325 e. The lowest BCUT2D eigenvalue weighted by molar-refractivity contribution is -0.387. The van der Waals surface area contributed by atoms with E-state index in [0.717, 1.165) is 12.1 Å². The molecule has 3 N–H and O–H groups in total. The van der Waals surface area contributed by atoms with Gasteiger partial charge < -0.3 is 11.1 Å². The fourth-order valence-corrected chi connectivity index (χ4v) is 1.26. The van der Waals surface area contributed by atoms with Gasteiger partial charge in [-0.05, 0) is 12.0 Å². The Balaban J connectivity index is 2.84. The number of halogens is 1. The van der Waals surface area contributed by atoms with Gasteiger partial charge in [-0.1, -0.05) is 13.8 Å². The van der Waals surface area contributed by atoms with Gasteiger partial charge in [0.15, 0.2) is 0 Å². The third-order valence-corrected chi connectivity index (χ3v) is 2.43. The molecule has 1 amide bonds. The summed E-state index contributed by atoms with van der Waals surface area (Å²) >= 11 is 0. The second-order valence-corrected chi connectivity index (χ2v) is 4.18. The number of benzene rings is 1. The summed E-state index contributed by atoms with van der Waals surface area (Å²) in [6, 6.07) is 2.42. The van der Waals surface area contributed by atoms with Gasteiger partial charge in [0.2, 0.25) is 11.7 Å². The zero-order valence-corrected chi connectivity index (χ0v) is 10.0. The normalized spacial score (nSPS) is 12.3. The van der Waals surface area contributed by atoms with Crippen LogP contribution in [0.2, 0.25) is 0 Å². The van der Waals surface area contributed by atoms with Gasteiger partial charge in [-0.2, -0.15) is 4.39 Å². The lowest BCUT2D eigenvalue weighted by Gasteiger charge is -2.15. The Morgan fingerprint density at radius 1 is 1.50 bits per heavy atom. The number of nitrogens with one attached hydrogen (secondary N) is 1. The molecule has 0 aliphatic carbocycles. The Morgan fingerprint density at radius 3 is 2.56 bits per heavy atom. The number of carbonyl (C=O) groups is 1. The topological polar surface area (TPSA) is 98.3 Å². The first-order valence-corrected chi connectivity index (χ1v) is 5.33. The number of nitrogens with zero attached hydrogens (tertiary/aromatic N) is 1. The van der Waals surface area contributed by atoms with Crippen molar-refractivity contribution >= 4 is 17.3 Å². The van der Waals surface area contributed by atoms with E-state index >= 15 is 0 Å². The van der Waals surface area contributed by atoms with Crippen LogP contribution in [0.25, 0.3) is 0 Å². The zero-order valence-electron chi connectivity index (χ0n) is 10.0. The summed E-state index contributed by atoms with van der Waals surface area (Å²) in [4.78, 5) is 21.2. The molecule has 0 saturated heterocycles. The molecule has 0 fully saturated rings. The van der Waals surface area contributed by atoms with Crippen molar-refractivity contribution in [2.45, 2.75) is 19.9 Å². The number of rotatable bonds is 4. The SMILES string of the molecule is CC(C)[C@H](N)C(=O)Nc1ccc([N+](=O)[O-])c(F)c1. The summed E-state index contributed by atoms with van der Waals surface area (Å²) in [5, 5.41) is 12.8. The van der Waals surface area contributed by atoms with Crippen molar-refractivity contribution in [3.05, 3.63) is 34.1 Å². The van der Waals surface area contributed by atoms with E-state index in [2.05, 4.69) is 5.32 Å². The molecule has 18 heavy (non-hydrogen) atoms. The summed E-state index contributed by atoms with van der Waals surface area (Å²) in [6.45, 7) is 3.56. The van der Waals surface area contributed by atoms with Crippen molar-refractivity contribution in [3.8, 4) is 0 Å². The number of anilines is 1. The summed E-state index contributed by atoms with van der Waals surface area (Å²) in [6.07, 6.45) is 0. The predicted molar refractivity (Wildman–Crippen MR) is 64.5 cm³/mol. The standard InChI is InChI=1S/C11H14FN3O3/c1-6(2)10(13)11(16)14-7-3-4-9(15(17)18)8(12)5-7/h3-6,10H,13H2,1-2H3,(H,14,16)/t10-/m0/s1. The molecule has 1 rings (SSSR count). The number of amides is 1. The van der Waals surface area contributed by atoms with Crippen LogP contribution in [0, 0.1) is 21.8 Å². The molecule has 0 aromatic heterocycles. The first-order valence-electron chi connectivity index (χ1n) is 5.33. The van der Waals surface area contributed by atoms with Crippen molar-refractivity contribution in [1.29, 1.82) is 0 Å². The van der Waals surface area contributed by atoms with Gasteiger partial charge in [0.05, 0.1) is 11.0 Å². The maximum absolute atomic E-state index is 13.3. The van der Waals surface area contributed by atoms with Gasteiger partial charge >= 0.3 is 5.69 Å². The second kappa shape index (κ2) is 5.54. The number of carbonyl (C=O) groups excluding carboxylic acids is 1. The van der Waals surface area contributed by atoms with Crippen LogP contribution in [0.4, 0.5) is 15.8 Å². The Hall–Kier alpha value is -2.02. The third kappa shape index (κ3) is 3.24. The largest absolute Gasteiger partial charge is 0.325 e. The smallest absolute Gasteiger partial charge is 0.304 e. The number of nitro groups is 1. The molecule has 0 unspecified atom stereocenters. The molecule has 0 bridgehead atoms. The quantitative estimate of drug-likeness (QED) is 0.631. The summed E-state index contributed by atoms with van der Waals surface area (Å²) < 4.78 is 13.3. The lowest BCUT2D eigenvalue weighted by Crippen LogP contribution is -2.39. The molecule has 0 radical (unpaired) electrons. The highest BCUT2D eigenvalue weighted by atomic mass is 19.1. The number of nitrogens with two attached hydrogens (primary N) is 1. The molecule has 0 heterocycles. The van der Waals surface area contributed by atoms with E-state index in [0.29, 0.717) is 0 Å². The molecule has 0 saturated carbocycles. The Kier molecular flexibility index (Phi) is 4.33. The van der Waals surface area contributed by atoms with Crippen molar-refractivity contribution in [1.82, 2.24) is 0 Å². The van der Waals surface area contributed by atoms with Crippen LogP contribution in [0.1, 0.15) is 13.8 Å². The van der Waals surface area contributed by atoms with Crippen LogP contribution in [0.3, 0.4) is 0 Å². The van der Waals surface area contributed by atoms with E-state index in [1.54, 1.807) is 13.8 Å². The van der Waals surface area contributed by atoms with E-state index < -0.39 is 28.4 Å². The molecule has 0 aliphatic heterocycles. The number of hydrogen-bond acceptors (Lipinski definition) is 4. The fourth-order valence-electron chi connectivity index (χ4n) is 1.26. The highest BCUT2D eigenvalue weighted by Crippen LogP contribution is 2.21. The average Bonchev–Trinajstić information content (AvgIpc) is 2.27. The Labute approximate surface area is 103 Å². The van der Waals surface area contributed by atoms with E-state index in [1.807, 2.05) is 0 Å². The molecular weight excluding hydrogens is 241 g/mol. The van der Waals surface area contributed by atoms with Gasteiger partial charge in [0.1, 0.15) is 0 Å². The predicted octanol–water partition coefficient (Wildman–Crippen LogP) is 1.66. The molecule has 6 nitrogen and oxygen atoms in total. The van der Waals surface area contributed by atoms with Crippen LogP contribution in [0.15, 0.2) is 18.2 Å². The molecule has 1 atom stereocenters. The average molecular weight is 255 g/mol. The number of hydrogen-bond donors (Lipinski definition) is 2. The highest BCUT2D eigenvalue weighted by molar-refractivity contribution is 5.94. The van der Waals surface area contributed by atoms with Gasteiger partial charge in [-0.25, -0.2) is 0 Å². The van der Waals surface area contributed by atoms with Crippen LogP contribution >= 0.6 is 0 Å². The van der Waals surface area contributed by atoms with Gasteiger partial charge in [-0.15, -0.1) is 0 Å². The van der Waals surface area contributed by atoms with Crippen molar-refractivity contribution in [3.63, 3.8) is 0 Å². The molecule has 1 aromatic rings. The van der Waals surface area contributed by atoms with Crippen LogP contribution in [-0.4, -0.2) is 16.9 Å². The Bertz CT molecular complexity index is 477. The first-order chi connectivity index (χ1) is 8.32. The highest BCUT2D eigenvalue weighted by Gasteiger charge is 2.19. The second-order valence-electron chi connectivity index (χ2n) is 4.18. The van der Waals surface area contributed by atoms with Crippen molar-refractivity contribution < 1.29 is 14.1 Å². The fraction of sp³-hybridized carbons (Fsp3) is 0.364. The van der Waals surface area contributed by atoms with Crippen LogP contribution < -0.4 is 11.1 Å². The zero-order chi connectivity index (χ0) is 13.9. The summed E-state index contributed by atoms with van der Waals surface area (Å²) in [7, 11) is 0. The third-order valence-electron chi connectivity index (χ3n) is 2.43. The van der Waals surface area contributed by atoms with Crippen LogP contribution in [-0.2, 0) is 4.79 Å². The molecule has 7 heteroatoms. The molecule has 0 aliphatic rings. The Morgan fingerprint density at radius 2 is 2.11 bits per heavy atom. The first kappa shape index (κ1) is 14.0. The van der Waals surface area contributed by atoms with E-state index in [1.165, 1.54) is 6.07 Å². The minimum atomic E-state index is -1.00. The van der Waals surface area contributed by atoms with Gasteiger partial charge in [0, 0.05) is 17.8 Å². The molecule has 98 valence electrons. The molecule has 0 spiro atoms. The molecule has 1 aromatic carbocycles. The minimum absolute atomic E-state index is 0.0621. The summed E-state index contributed by atoms with van der Waals surface area (Å²) in [5.41, 5.74) is 5.11. The van der Waals surface area contributed by atoms with E-state index in [-0.39, 0.29) is 11.6 Å². The maximum atomic E-state index is 13.3.